The van der Waals surface area contributed by atoms with Crippen molar-refractivity contribution in [1.29, 1.82) is 0 Å². The van der Waals surface area contributed by atoms with Gasteiger partial charge in [-0.2, -0.15) is 0 Å². The van der Waals surface area contributed by atoms with Crippen LogP contribution < -0.4 is 5.32 Å². The van der Waals surface area contributed by atoms with Crippen molar-refractivity contribution in [3.05, 3.63) is 65.9 Å². The lowest BCUT2D eigenvalue weighted by atomic mass is 10.1. The highest BCUT2D eigenvalue weighted by Gasteiger charge is 2.27. The van der Waals surface area contributed by atoms with Crippen LogP contribution in [0.5, 0.6) is 0 Å². The summed E-state index contributed by atoms with van der Waals surface area (Å²) in [6.07, 6.45) is 2.22. The fourth-order valence-corrected chi connectivity index (χ4v) is 3.97. The van der Waals surface area contributed by atoms with Gasteiger partial charge in [-0.05, 0) is 49.2 Å². The lowest BCUT2D eigenvalue weighted by Gasteiger charge is -2.11. The van der Waals surface area contributed by atoms with E-state index in [4.69, 9.17) is 0 Å². The predicted molar refractivity (Wildman–Crippen MR) is 106 cm³/mol. The molecule has 2 aromatic carbocycles. The molecule has 0 bridgehead atoms. The highest BCUT2D eigenvalue weighted by atomic mass is 32.2. The second-order valence-corrected chi connectivity index (χ2v) is 9.05. The van der Waals surface area contributed by atoms with E-state index >= 15 is 0 Å². The number of nitrogens with one attached hydrogen (secondary N) is 1. The molecule has 0 saturated heterocycles. The van der Waals surface area contributed by atoms with E-state index in [-0.39, 0.29) is 16.6 Å². The summed E-state index contributed by atoms with van der Waals surface area (Å²) in [6, 6.07) is 15.8. The van der Waals surface area contributed by atoms with Crippen molar-refractivity contribution in [2.75, 3.05) is 11.1 Å². The molecule has 1 aromatic heterocycles. The number of nitrogens with zero attached hydrogens (tertiary/aromatic N) is 1. The van der Waals surface area contributed by atoms with Gasteiger partial charge in [-0.3, -0.25) is 9.78 Å². The first-order valence-electron chi connectivity index (χ1n) is 9.02. The van der Waals surface area contributed by atoms with Gasteiger partial charge in [0.15, 0.2) is 9.84 Å². The van der Waals surface area contributed by atoms with Crippen LogP contribution in [-0.4, -0.2) is 25.1 Å². The molecule has 1 fully saturated rings. The minimum absolute atomic E-state index is 0.0473. The molecule has 5 nitrogen and oxygen atoms in total. The van der Waals surface area contributed by atoms with Gasteiger partial charge < -0.3 is 5.32 Å². The van der Waals surface area contributed by atoms with Gasteiger partial charge in [-0.1, -0.05) is 25.1 Å². The minimum atomic E-state index is -3.25. The van der Waals surface area contributed by atoms with Crippen LogP contribution in [0.1, 0.15) is 41.7 Å². The fraction of sp³-hybridized carbons (Fsp3) is 0.238. The predicted octanol–water partition coefficient (Wildman–Crippen LogP) is 4.16. The molecule has 27 heavy (non-hydrogen) atoms. The maximum Gasteiger partial charge on any atom is 0.256 e. The van der Waals surface area contributed by atoms with Crippen LogP contribution in [0.2, 0.25) is 0 Å². The summed E-state index contributed by atoms with van der Waals surface area (Å²) in [5, 5.41) is 3.68. The Balaban J connectivity index is 1.65. The molecule has 3 aromatic rings. The van der Waals surface area contributed by atoms with E-state index in [0.717, 1.165) is 29.4 Å². The Morgan fingerprint density at radius 1 is 1.11 bits per heavy atom. The second-order valence-electron chi connectivity index (χ2n) is 6.77. The molecule has 0 unspecified atom stereocenters. The molecule has 1 aliphatic carbocycles. The second kappa shape index (κ2) is 6.78. The number of hydrogen-bond acceptors (Lipinski definition) is 4. The number of benzene rings is 2. The maximum atomic E-state index is 12.9. The monoisotopic (exact) mass is 380 g/mol. The van der Waals surface area contributed by atoms with E-state index in [1.54, 1.807) is 19.1 Å². The first kappa shape index (κ1) is 17.7. The number of fused-ring (bicyclic) bond motifs is 1. The summed E-state index contributed by atoms with van der Waals surface area (Å²) < 4.78 is 23.8. The molecule has 1 N–H and O–H groups in total. The van der Waals surface area contributed by atoms with E-state index in [1.165, 1.54) is 12.1 Å². The summed E-state index contributed by atoms with van der Waals surface area (Å²) in [5.41, 5.74) is 2.93. The first-order chi connectivity index (χ1) is 13.0. The third kappa shape index (κ3) is 3.57. The highest BCUT2D eigenvalue weighted by molar-refractivity contribution is 7.91. The molecule has 1 saturated carbocycles. The van der Waals surface area contributed by atoms with Gasteiger partial charge in [0.05, 0.1) is 21.7 Å². The zero-order valence-electron chi connectivity index (χ0n) is 15.0. The van der Waals surface area contributed by atoms with Gasteiger partial charge >= 0.3 is 0 Å². The van der Waals surface area contributed by atoms with E-state index in [0.29, 0.717) is 17.2 Å². The summed E-state index contributed by atoms with van der Waals surface area (Å²) in [4.78, 5) is 17.9. The average molecular weight is 380 g/mol. The third-order valence-electron chi connectivity index (χ3n) is 4.83. The number of sulfone groups is 1. The number of anilines is 1. The molecule has 1 amide bonds. The van der Waals surface area contributed by atoms with Crippen LogP contribution in [0.25, 0.3) is 10.9 Å². The van der Waals surface area contributed by atoms with Crippen molar-refractivity contribution in [3.63, 3.8) is 0 Å². The largest absolute Gasteiger partial charge is 0.322 e. The zero-order valence-corrected chi connectivity index (χ0v) is 15.8. The van der Waals surface area contributed by atoms with Crippen LogP contribution in [0, 0.1) is 0 Å². The van der Waals surface area contributed by atoms with Crippen LogP contribution in [0.15, 0.2) is 59.5 Å². The van der Waals surface area contributed by atoms with Crippen LogP contribution in [0.4, 0.5) is 5.69 Å². The summed E-state index contributed by atoms with van der Waals surface area (Å²) >= 11 is 0. The SMILES string of the molecule is CCS(=O)(=O)c1ccc(NC(=O)c2cc(C3CC3)nc3ccccc23)cc1. The lowest BCUT2D eigenvalue weighted by molar-refractivity contribution is 0.102. The molecule has 1 aliphatic rings. The van der Waals surface area contributed by atoms with Gasteiger partial charge in [0.1, 0.15) is 0 Å². The topological polar surface area (TPSA) is 76.1 Å². The molecule has 0 spiro atoms. The maximum absolute atomic E-state index is 12.9. The standard InChI is InChI=1S/C21H20N2O3S/c1-2-27(25,26)16-11-9-15(10-12-16)22-21(24)18-13-20(14-7-8-14)23-19-6-4-3-5-17(18)19/h3-6,9-14H,2,7-8H2,1H3,(H,22,24). The van der Waals surface area contributed by atoms with Gasteiger partial charge in [0.25, 0.3) is 5.91 Å². The Kier molecular flexibility index (Phi) is 4.44. The zero-order chi connectivity index (χ0) is 19.0. The number of aromatic nitrogens is 1. The number of rotatable bonds is 5. The van der Waals surface area contributed by atoms with E-state index in [9.17, 15) is 13.2 Å². The number of carbonyl (C=O) groups excluding carboxylic acids is 1. The highest BCUT2D eigenvalue weighted by Crippen LogP contribution is 2.40. The van der Waals surface area contributed by atoms with Crippen molar-refractivity contribution in [3.8, 4) is 0 Å². The quantitative estimate of drug-likeness (QED) is 0.721. The number of carbonyl (C=O) groups is 1. The third-order valence-corrected chi connectivity index (χ3v) is 6.58. The summed E-state index contributed by atoms with van der Waals surface area (Å²) in [6.45, 7) is 1.61. The minimum Gasteiger partial charge on any atom is -0.322 e. The Bertz CT molecular complexity index is 1120. The summed E-state index contributed by atoms with van der Waals surface area (Å²) in [7, 11) is -3.25. The van der Waals surface area contributed by atoms with E-state index in [1.807, 2.05) is 30.3 Å². The van der Waals surface area contributed by atoms with Crippen molar-refractivity contribution in [2.24, 2.45) is 0 Å². The number of amides is 1. The average Bonchev–Trinajstić information content (AvgIpc) is 3.53. The van der Waals surface area contributed by atoms with E-state index in [2.05, 4.69) is 10.3 Å². The normalized spacial score (nSPS) is 14.3. The molecule has 0 radical (unpaired) electrons. The molecular weight excluding hydrogens is 360 g/mol. The smallest absolute Gasteiger partial charge is 0.256 e. The van der Waals surface area contributed by atoms with Crippen molar-refractivity contribution >= 4 is 32.3 Å². The van der Waals surface area contributed by atoms with Crippen LogP contribution in [-0.2, 0) is 9.84 Å². The van der Waals surface area contributed by atoms with Crippen LogP contribution >= 0.6 is 0 Å². The van der Waals surface area contributed by atoms with Crippen molar-refractivity contribution in [2.45, 2.75) is 30.6 Å². The molecule has 6 heteroatoms. The van der Waals surface area contributed by atoms with Gasteiger partial charge in [0.2, 0.25) is 0 Å². The molecule has 0 aliphatic heterocycles. The van der Waals surface area contributed by atoms with Crippen molar-refractivity contribution < 1.29 is 13.2 Å². The molecular formula is C21H20N2O3S. The lowest BCUT2D eigenvalue weighted by Crippen LogP contribution is -2.13. The van der Waals surface area contributed by atoms with E-state index < -0.39 is 9.84 Å². The van der Waals surface area contributed by atoms with Crippen molar-refractivity contribution in [1.82, 2.24) is 4.98 Å². The Labute approximate surface area is 158 Å². The fourth-order valence-electron chi connectivity index (χ4n) is 3.08. The van der Waals surface area contributed by atoms with Gasteiger partial charge in [0, 0.05) is 22.7 Å². The van der Waals surface area contributed by atoms with Gasteiger partial charge in [-0.25, -0.2) is 8.42 Å². The Hall–Kier alpha value is -2.73. The van der Waals surface area contributed by atoms with Gasteiger partial charge in [-0.15, -0.1) is 0 Å². The molecule has 4 rings (SSSR count). The first-order valence-corrected chi connectivity index (χ1v) is 10.7. The summed E-state index contributed by atoms with van der Waals surface area (Å²) in [5.74, 6) is 0.271. The number of pyridine rings is 1. The Morgan fingerprint density at radius 3 is 2.48 bits per heavy atom. The number of para-hydroxylation sites is 1. The number of hydrogen-bond donors (Lipinski definition) is 1. The van der Waals surface area contributed by atoms with Crippen LogP contribution in [0.3, 0.4) is 0 Å². The Morgan fingerprint density at radius 2 is 1.81 bits per heavy atom. The molecule has 138 valence electrons. The molecule has 1 heterocycles. The molecule has 0 atom stereocenters.